The molecule has 0 saturated heterocycles. The summed E-state index contributed by atoms with van der Waals surface area (Å²) in [6.45, 7) is 1.96. The van der Waals surface area contributed by atoms with E-state index in [0.29, 0.717) is 27.7 Å². The van der Waals surface area contributed by atoms with Crippen molar-refractivity contribution >= 4 is 46.0 Å². The predicted molar refractivity (Wildman–Crippen MR) is 136 cm³/mol. The molecule has 0 fully saturated rings. The summed E-state index contributed by atoms with van der Waals surface area (Å²) < 4.78 is 1.60. The minimum absolute atomic E-state index is 0.0396. The number of nitrogen functional groups attached to an aromatic ring is 1. The number of nitrogens with zero attached hydrogens (tertiary/aromatic N) is 2. The van der Waals surface area contributed by atoms with Gasteiger partial charge >= 0.3 is 0 Å². The van der Waals surface area contributed by atoms with Crippen LogP contribution in [0.2, 0.25) is 0 Å². The van der Waals surface area contributed by atoms with E-state index >= 15 is 0 Å². The van der Waals surface area contributed by atoms with Crippen LogP contribution < -0.4 is 16.6 Å². The number of hydrogen-bond donors (Lipinski definition) is 2. The van der Waals surface area contributed by atoms with Crippen molar-refractivity contribution in [2.75, 3.05) is 11.1 Å². The number of nitrogens with two attached hydrogens (primary N) is 1. The molecule has 7 heteroatoms. The van der Waals surface area contributed by atoms with Gasteiger partial charge in [-0.15, -0.1) is 0 Å². The fourth-order valence-corrected chi connectivity index (χ4v) is 4.30. The Morgan fingerprint density at radius 1 is 1.09 bits per heavy atom. The van der Waals surface area contributed by atoms with Gasteiger partial charge in [0.1, 0.15) is 0 Å². The molecular formula is C26H24N4O2S. The number of aromatic nitrogens is 2. The maximum atomic E-state index is 12.7. The maximum absolute atomic E-state index is 12.7. The van der Waals surface area contributed by atoms with Crippen LogP contribution in [0.5, 0.6) is 0 Å². The smallest absolute Gasteiger partial charge is 0.261 e. The van der Waals surface area contributed by atoms with Crippen LogP contribution >= 0.6 is 11.8 Å². The number of hydrogen-bond acceptors (Lipinski definition) is 5. The van der Waals surface area contributed by atoms with Gasteiger partial charge in [0, 0.05) is 18.9 Å². The molecule has 0 saturated carbocycles. The van der Waals surface area contributed by atoms with Crippen molar-refractivity contribution in [3.63, 3.8) is 0 Å². The zero-order valence-corrected chi connectivity index (χ0v) is 19.2. The van der Waals surface area contributed by atoms with Gasteiger partial charge < -0.3 is 11.1 Å². The number of para-hydroxylation sites is 3. The van der Waals surface area contributed by atoms with Crippen molar-refractivity contribution in [2.24, 2.45) is 7.05 Å². The Kier molecular flexibility index (Phi) is 6.60. The molecule has 0 bridgehead atoms. The van der Waals surface area contributed by atoms with Gasteiger partial charge in [-0.2, -0.15) is 0 Å². The fraction of sp³-hybridized carbons (Fsp3) is 0.115. The number of carbonyl (C=O) groups excluding carboxylic acids is 1. The van der Waals surface area contributed by atoms with Crippen molar-refractivity contribution in [2.45, 2.75) is 17.8 Å². The molecule has 6 nitrogen and oxygen atoms in total. The number of rotatable bonds is 6. The second-order valence-corrected chi connectivity index (χ2v) is 8.61. The van der Waals surface area contributed by atoms with Gasteiger partial charge in [0.15, 0.2) is 5.16 Å². The van der Waals surface area contributed by atoms with E-state index in [1.165, 1.54) is 17.8 Å². The molecule has 0 aliphatic carbocycles. The summed E-state index contributed by atoms with van der Waals surface area (Å²) >= 11 is 1.52. The van der Waals surface area contributed by atoms with Gasteiger partial charge in [-0.05, 0) is 47.9 Å². The third kappa shape index (κ3) is 5.15. The molecule has 4 aromatic rings. The lowest BCUT2D eigenvalue weighted by atomic mass is 10.1. The van der Waals surface area contributed by atoms with Gasteiger partial charge in [0.2, 0.25) is 5.91 Å². The number of fused-ring (bicyclic) bond motifs is 1. The maximum Gasteiger partial charge on any atom is 0.261 e. The van der Waals surface area contributed by atoms with Gasteiger partial charge in [-0.1, -0.05) is 60.3 Å². The van der Waals surface area contributed by atoms with Crippen LogP contribution in [0.3, 0.4) is 0 Å². The summed E-state index contributed by atoms with van der Waals surface area (Å²) in [6, 6.07) is 20.7. The Morgan fingerprint density at radius 2 is 1.85 bits per heavy atom. The van der Waals surface area contributed by atoms with Crippen molar-refractivity contribution < 1.29 is 4.79 Å². The molecule has 3 N–H and O–H groups in total. The average Bonchev–Trinajstić information content (AvgIpc) is 2.82. The fourth-order valence-electron chi connectivity index (χ4n) is 3.38. The zero-order valence-electron chi connectivity index (χ0n) is 18.4. The number of nitrogens with one attached hydrogen (secondary N) is 1. The molecular weight excluding hydrogens is 432 g/mol. The van der Waals surface area contributed by atoms with E-state index in [1.54, 1.807) is 29.8 Å². The predicted octanol–water partition coefficient (Wildman–Crippen LogP) is 4.77. The van der Waals surface area contributed by atoms with Crippen molar-refractivity contribution in [3.05, 3.63) is 99.9 Å². The monoisotopic (exact) mass is 456 g/mol. The average molecular weight is 457 g/mol. The molecule has 0 radical (unpaired) electrons. The number of thioether (sulfide) groups is 1. The standard InChI is InChI=1S/C26H24N4O2S/c1-17-6-5-7-20-24(17)29-26(30(2)25(20)32)33-16-19-12-10-18(11-13-19)14-15-23(31)28-22-9-4-3-8-21(22)27/h3-15H,16,27H2,1-2H3,(H,28,31)/b15-14+. The van der Waals surface area contributed by atoms with Gasteiger partial charge in [0.05, 0.1) is 22.3 Å². The highest BCUT2D eigenvalue weighted by molar-refractivity contribution is 7.98. The quantitative estimate of drug-likeness (QED) is 0.189. The Hall–Kier alpha value is -3.84. The molecule has 1 aromatic heterocycles. The van der Waals surface area contributed by atoms with E-state index in [-0.39, 0.29) is 11.5 Å². The molecule has 3 aromatic carbocycles. The van der Waals surface area contributed by atoms with Crippen molar-refractivity contribution in [3.8, 4) is 0 Å². The number of anilines is 2. The number of aryl methyl sites for hydroxylation is 1. The lowest BCUT2D eigenvalue weighted by molar-refractivity contribution is -0.111. The highest BCUT2D eigenvalue weighted by Crippen LogP contribution is 2.23. The first-order valence-electron chi connectivity index (χ1n) is 10.4. The van der Waals surface area contributed by atoms with Crippen LogP contribution in [0.4, 0.5) is 11.4 Å². The third-order valence-electron chi connectivity index (χ3n) is 5.26. The van der Waals surface area contributed by atoms with Crippen LogP contribution in [0.15, 0.2) is 82.8 Å². The highest BCUT2D eigenvalue weighted by Gasteiger charge is 2.10. The molecule has 0 spiro atoms. The first-order valence-corrected chi connectivity index (χ1v) is 11.4. The van der Waals surface area contributed by atoms with Crippen LogP contribution in [0, 0.1) is 6.92 Å². The third-order valence-corrected chi connectivity index (χ3v) is 6.36. The van der Waals surface area contributed by atoms with Gasteiger partial charge in [-0.3, -0.25) is 14.2 Å². The molecule has 1 heterocycles. The summed E-state index contributed by atoms with van der Waals surface area (Å²) in [5.74, 6) is 0.432. The molecule has 0 atom stereocenters. The zero-order chi connectivity index (χ0) is 23.4. The molecule has 0 aliphatic rings. The van der Waals surface area contributed by atoms with Crippen LogP contribution in [-0.2, 0) is 17.6 Å². The number of carbonyl (C=O) groups is 1. The Morgan fingerprint density at radius 3 is 2.61 bits per heavy atom. The SMILES string of the molecule is Cc1cccc2c(=O)n(C)c(SCc3ccc(/C=C/C(=O)Nc4ccccc4N)cc3)nc12. The molecule has 166 valence electrons. The molecule has 1 amide bonds. The lowest BCUT2D eigenvalue weighted by Gasteiger charge is -2.10. The molecule has 33 heavy (non-hydrogen) atoms. The second-order valence-electron chi connectivity index (χ2n) is 7.67. The second kappa shape index (κ2) is 9.75. The highest BCUT2D eigenvalue weighted by atomic mass is 32.2. The van der Waals surface area contributed by atoms with E-state index < -0.39 is 0 Å². The van der Waals surface area contributed by atoms with E-state index in [2.05, 4.69) is 5.32 Å². The molecule has 0 unspecified atom stereocenters. The minimum atomic E-state index is -0.244. The Balaban J connectivity index is 1.41. The largest absolute Gasteiger partial charge is 0.397 e. The minimum Gasteiger partial charge on any atom is -0.397 e. The summed E-state index contributed by atoms with van der Waals surface area (Å²) in [7, 11) is 1.75. The number of benzene rings is 3. The van der Waals surface area contributed by atoms with E-state index in [9.17, 15) is 9.59 Å². The molecule has 4 rings (SSSR count). The first kappa shape index (κ1) is 22.4. The number of amides is 1. The van der Waals surface area contributed by atoms with Crippen LogP contribution in [0.25, 0.3) is 17.0 Å². The first-order chi connectivity index (χ1) is 15.9. The summed E-state index contributed by atoms with van der Waals surface area (Å²) in [5.41, 5.74) is 10.7. The normalized spacial score (nSPS) is 11.2. The van der Waals surface area contributed by atoms with Crippen LogP contribution in [0.1, 0.15) is 16.7 Å². The molecule has 0 aliphatic heterocycles. The van der Waals surface area contributed by atoms with Crippen molar-refractivity contribution in [1.29, 1.82) is 0 Å². The summed E-state index contributed by atoms with van der Waals surface area (Å²) in [6.07, 6.45) is 3.23. The van der Waals surface area contributed by atoms with E-state index in [4.69, 9.17) is 10.7 Å². The van der Waals surface area contributed by atoms with Gasteiger partial charge in [0.25, 0.3) is 5.56 Å². The van der Waals surface area contributed by atoms with Gasteiger partial charge in [-0.25, -0.2) is 4.98 Å². The topological polar surface area (TPSA) is 90.0 Å². The van der Waals surface area contributed by atoms with Crippen molar-refractivity contribution in [1.82, 2.24) is 9.55 Å². The Bertz CT molecular complexity index is 1410. The Labute approximate surface area is 196 Å². The summed E-state index contributed by atoms with van der Waals surface area (Å²) in [4.78, 5) is 29.5. The van der Waals surface area contributed by atoms with E-state index in [0.717, 1.165) is 22.2 Å². The lowest BCUT2D eigenvalue weighted by Crippen LogP contribution is -2.20. The van der Waals surface area contributed by atoms with Crippen LogP contribution in [-0.4, -0.2) is 15.5 Å². The van der Waals surface area contributed by atoms with E-state index in [1.807, 2.05) is 61.5 Å². The summed E-state index contributed by atoms with van der Waals surface area (Å²) in [5, 5.41) is 4.09.